The number of benzene rings is 1. The molecule has 0 bridgehead atoms. The van der Waals surface area contributed by atoms with Gasteiger partial charge in [0.1, 0.15) is 5.60 Å². The van der Waals surface area contributed by atoms with Gasteiger partial charge < -0.3 is 14.4 Å². The minimum Gasteiger partial charge on any atom is -0.517 e. The summed E-state index contributed by atoms with van der Waals surface area (Å²) in [5.74, 6) is 0.0558. The number of aromatic nitrogens is 2. The molecule has 2 aromatic rings. The second-order valence-electron chi connectivity index (χ2n) is 7.18. The Bertz CT molecular complexity index is 799. The number of amides is 1. The van der Waals surface area contributed by atoms with E-state index < -0.39 is 5.60 Å². The third-order valence-electron chi connectivity index (χ3n) is 5.50. The molecule has 2 saturated heterocycles. The maximum absolute atomic E-state index is 13.1. The van der Waals surface area contributed by atoms with Gasteiger partial charge in [-0.2, -0.15) is 0 Å². The van der Waals surface area contributed by atoms with E-state index in [-0.39, 0.29) is 36.9 Å². The molecule has 1 aliphatic carbocycles. The summed E-state index contributed by atoms with van der Waals surface area (Å²) in [6, 6.07) is 10.0. The largest absolute Gasteiger partial charge is 1.00 e. The predicted octanol–water partition coefficient (Wildman–Crippen LogP) is -0.218. The van der Waals surface area contributed by atoms with E-state index in [9.17, 15) is 4.79 Å². The fourth-order valence-corrected chi connectivity index (χ4v) is 4.13. The molecular formula is C20H20LiN3O3. The topological polar surface area (TPSA) is 64.6 Å². The normalized spacial score (nSPS) is 29.5. The van der Waals surface area contributed by atoms with E-state index in [0.29, 0.717) is 19.4 Å². The number of rotatable bonds is 4. The second kappa shape index (κ2) is 7.37. The van der Waals surface area contributed by atoms with Crippen molar-refractivity contribution in [2.24, 2.45) is 0 Å². The summed E-state index contributed by atoms with van der Waals surface area (Å²) in [7, 11) is 0. The Balaban J connectivity index is 0.00000180. The van der Waals surface area contributed by atoms with Crippen LogP contribution in [0.15, 0.2) is 48.9 Å². The van der Waals surface area contributed by atoms with Crippen LogP contribution in [0.5, 0.6) is 0 Å². The minimum atomic E-state index is -0.725. The molecule has 0 unspecified atom stereocenters. The molecule has 1 saturated carbocycles. The fourth-order valence-electron chi connectivity index (χ4n) is 4.13. The van der Waals surface area contributed by atoms with E-state index in [0.717, 1.165) is 30.3 Å². The summed E-state index contributed by atoms with van der Waals surface area (Å²) in [6.45, 7) is 0.568. The summed E-state index contributed by atoms with van der Waals surface area (Å²) < 4.78 is 12.1. The summed E-state index contributed by atoms with van der Waals surface area (Å²) in [5, 5.41) is 0. The molecular weight excluding hydrogens is 337 g/mol. The Hall–Kier alpha value is -1.71. The van der Waals surface area contributed by atoms with Crippen molar-refractivity contribution in [2.45, 2.75) is 50.0 Å². The van der Waals surface area contributed by atoms with Crippen LogP contribution in [0.4, 0.5) is 0 Å². The third-order valence-corrected chi connectivity index (χ3v) is 5.50. The second-order valence-corrected chi connectivity index (χ2v) is 7.18. The van der Waals surface area contributed by atoms with Crippen LogP contribution in [-0.4, -0.2) is 32.5 Å². The third kappa shape index (κ3) is 3.21. The van der Waals surface area contributed by atoms with Crippen LogP contribution in [0.25, 0.3) is 0 Å². The van der Waals surface area contributed by atoms with E-state index >= 15 is 0 Å². The number of hydrogen-bond acceptors (Lipinski definition) is 5. The maximum atomic E-state index is 13.1. The molecule has 5 rings (SSSR count). The standard InChI is InChI=1S/C20H20N3O3.Li/c24-19-20(10-15(11-20)25-13-14-4-2-1-3-5-14)26-18-7-6-17(23(18)19)16-12-21-8-9-22-16;/h1-5,8-9,12,15,17H,6-7,10-11,13H2;/q-1;+1/t15?,17-,20?;/m0./s1. The van der Waals surface area contributed by atoms with Gasteiger partial charge in [0.15, 0.2) is 0 Å². The Morgan fingerprint density at radius 2 is 2.07 bits per heavy atom. The first kappa shape index (κ1) is 18.6. The molecule has 27 heavy (non-hydrogen) atoms. The molecule has 1 aromatic heterocycles. The van der Waals surface area contributed by atoms with Gasteiger partial charge in [0.05, 0.1) is 24.6 Å². The molecule has 1 aromatic carbocycles. The summed E-state index contributed by atoms with van der Waals surface area (Å²) in [6.07, 6.45) is 8.74. The Kier molecular flexibility index (Phi) is 5.09. The number of carbonyl (C=O) groups excluding carboxylic acids is 1. The van der Waals surface area contributed by atoms with Gasteiger partial charge in [0.2, 0.25) is 5.91 Å². The van der Waals surface area contributed by atoms with Crippen molar-refractivity contribution in [1.29, 1.82) is 0 Å². The molecule has 7 heteroatoms. The molecule has 1 amide bonds. The maximum Gasteiger partial charge on any atom is 1.00 e. The van der Waals surface area contributed by atoms with Crippen molar-refractivity contribution >= 4 is 5.91 Å². The van der Waals surface area contributed by atoms with E-state index in [1.54, 1.807) is 23.5 Å². The molecule has 1 atom stereocenters. The average molecular weight is 357 g/mol. The van der Waals surface area contributed by atoms with Crippen LogP contribution in [0.2, 0.25) is 0 Å². The first-order valence-corrected chi connectivity index (χ1v) is 9.05. The molecule has 1 spiro atoms. The number of nitrogens with zero attached hydrogens (tertiary/aromatic N) is 3. The minimum absolute atomic E-state index is 0. The zero-order valence-electron chi connectivity index (χ0n) is 15.4. The number of hydrogen-bond donors (Lipinski definition) is 0. The summed E-state index contributed by atoms with van der Waals surface area (Å²) in [5.41, 5.74) is 1.25. The molecule has 3 fully saturated rings. The Labute approximate surface area is 170 Å². The van der Waals surface area contributed by atoms with Gasteiger partial charge in [-0.3, -0.25) is 14.8 Å². The van der Waals surface area contributed by atoms with Gasteiger partial charge in [0, 0.05) is 31.3 Å². The van der Waals surface area contributed by atoms with E-state index in [4.69, 9.17) is 9.47 Å². The van der Waals surface area contributed by atoms with E-state index in [1.807, 2.05) is 30.3 Å². The van der Waals surface area contributed by atoms with Gasteiger partial charge in [0.25, 0.3) is 0 Å². The SMILES string of the molecule is O=C1N2[C-](CC[C@H]2c2cnccn2)OC12CC(OCc1ccccc1)C2.[Li+]. The molecule has 0 N–H and O–H groups in total. The Morgan fingerprint density at radius 3 is 2.81 bits per heavy atom. The van der Waals surface area contributed by atoms with Crippen molar-refractivity contribution in [2.75, 3.05) is 0 Å². The van der Waals surface area contributed by atoms with Crippen LogP contribution in [0.1, 0.15) is 43.0 Å². The quantitative estimate of drug-likeness (QED) is 0.559. The van der Waals surface area contributed by atoms with Crippen LogP contribution < -0.4 is 18.9 Å². The number of fused-ring (bicyclic) bond motifs is 1. The van der Waals surface area contributed by atoms with Gasteiger partial charge in [-0.25, -0.2) is 0 Å². The molecule has 6 nitrogen and oxygen atoms in total. The van der Waals surface area contributed by atoms with Gasteiger partial charge in [-0.15, -0.1) is 12.6 Å². The molecule has 3 heterocycles. The van der Waals surface area contributed by atoms with Crippen molar-refractivity contribution < 1.29 is 33.1 Å². The van der Waals surface area contributed by atoms with Crippen molar-refractivity contribution in [3.8, 4) is 0 Å². The van der Waals surface area contributed by atoms with Gasteiger partial charge in [-0.1, -0.05) is 36.8 Å². The van der Waals surface area contributed by atoms with Crippen molar-refractivity contribution in [1.82, 2.24) is 14.9 Å². The van der Waals surface area contributed by atoms with Crippen molar-refractivity contribution in [3.63, 3.8) is 0 Å². The van der Waals surface area contributed by atoms with Crippen LogP contribution in [0.3, 0.4) is 0 Å². The average Bonchev–Trinajstić information content (AvgIpc) is 3.19. The van der Waals surface area contributed by atoms with Crippen LogP contribution in [-0.2, 0) is 20.9 Å². The smallest absolute Gasteiger partial charge is 0.517 e. The van der Waals surface area contributed by atoms with E-state index in [2.05, 4.69) is 9.97 Å². The zero-order valence-corrected chi connectivity index (χ0v) is 15.4. The summed E-state index contributed by atoms with van der Waals surface area (Å²) in [4.78, 5) is 23.4. The van der Waals surface area contributed by atoms with Crippen molar-refractivity contribution in [3.05, 3.63) is 66.4 Å². The molecule has 134 valence electrons. The molecule has 3 aliphatic rings. The molecule has 2 aliphatic heterocycles. The fraction of sp³-hybridized carbons (Fsp3) is 0.400. The first-order valence-electron chi connectivity index (χ1n) is 9.05. The number of carbonyl (C=O) groups is 1. The van der Waals surface area contributed by atoms with Crippen LogP contribution >= 0.6 is 0 Å². The Morgan fingerprint density at radius 1 is 1.26 bits per heavy atom. The van der Waals surface area contributed by atoms with E-state index in [1.165, 1.54) is 0 Å². The predicted molar refractivity (Wildman–Crippen MR) is 92.2 cm³/mol. The first-order chi connectivity index (χ1) is 12.8. The van der Waals surface area contributed by atoms with Gasteiger partial charge >= 0.3 is 18.9 Å². The van der Waals surface area contributed by atoms with Gasteiger partial charge in [-0.05, 0) is 5.56 Å². The van der Waals surface area contributed by atoms with Crippen LogP contribution in [0, 0.1) is 6.23 Å². The summed E-state index contributed by atoms with van der Waals surface area (Å²) >= 11 is 0. The number of ether oxygens (including phenoxy) is 2. The molecule has 0 radical (unpaired) electrons. The monoisotopic (exact) mass is 357 g/mol. The zero-order chi connectivity index (χ0) is 17.6.